The Kier molecular flexibility index (Phi) is 3.27. The normalized spacial score (nSPS) is 10.6. The van der Waals surface area contributed by atoms with Gasteiger partial charge in [0.1, 0.15) is 11.6 Å². The van der Waals surface area contributed by atoms with E-state index in [0.717, 1.165) is 10.9 Å². The lowest BCUT2D eigenvalue weighted by atomic mass is 10.1. The Morgan fingerprint density at radius 1 is 1.24 bits per heavy atom. The highest BCUT2D eigenvalue weighted by Crippen LogP contribution is 2.21. The van der Waals surface area contributed by atoms with Gasteiger partial charge in [-0.25, -0.2) is 4.98 Å². The highest BCUT2D eigenvalue weighted by atomic mass is 16.1. The second kappa shape index (κ2) is 5.24. The molecule has 3 rings (SSSR count). The molecular weight excluding hydrogens is 266 g/mol. The van der Waals surface area contributed by atoms with E-state index >= 15 is 0 Å². The summed E-state index contributed by atoms with van der Waals surface area (Å²) in [7, 11) is 3.55. The predicted octanol–water partition coefficient (Wildman–Crippen LogP) is 2.26. The van der Waals surface area contributed by atoms with Crippen molar-refractivity contribution in [2.45, 2.75) is 0 Å². The fourth-order valence-electron chi connectivity index (χ4n) is 2.17. The van der Waals surface area contributed by atoms with E-state index in [9.17, 15) is 4.79 Å². The highest BCUT2D eigenvalue weighted by Gasteiger charge is 2.14. The zero-order valence-corrected chi connectivity index (χ0v) is 11.8. The molecule has 2 heterocycles. The second-order valence-corrected chi connectivity index (χ2v) is 4.62. The monoisotopic (exact) mass is 281 g/mol. The van der Waals surface area contributed by atoms with Gasteiger partial charge in [0.2, 0.25) is 0 Å². The molecule has 1 aromatic carbocycles. The zero-order valence-electron chi connectivity index (χ0n) is 11.8. The van der Waals surface area contributed by atoms with Crippen molar-refractivity contribution in [3.63, 3.8) is 0 Å². The summed E-state index contributed by atoms with van der Waals surface area (Å²) in [6.45, 7) is 0. The minimum absolute atomic E-state index is 0.186. The average Bonchev–Trinajstić information content (AvgIpc) is 2.91. The summed E-state index contributed by atoms with van der Waals surface area (Å²) >= 11 is 0. The molecule has 21 heavy (non-hydrogen) atoms. The lowest BCUT2D eigenvalue weighted by molar-refractivity contribution is 0.102. The molecule has 0 fully saturated rings. The number of carbonyl (C=O) groups is 1. The van der Waals surface area contributed by atoms with Gasteiger partial charge in [0.15, 0.2) is 0 Å². The van der Waals surface area contributed by atoms with Crippen LogP contribution in [0.3, 0.4) is 0 Å². The van der Waals surface area contributed by atoms with Crippen LogP contribution in [0.25, 0.3) is 10.9 Å². The van der Waals surface area contributed by atoms with Crippen molar-refractivity contribution < 1.29 is 4.79 Å². The van der Waals surface area contributed by atoms with Crippen molar-refractivity contribution in [2.24, 2.45) is 7.05 Å². The van der Waals surface area contributed by atoms with E-state index in [1.807, 2.05) is 24.3 Å². The molecule has 0 bridgehead atoms. The van der Waals surface area contributed by atoms with Crippen LogP contribution in [0.15, 0.2) is 42.6 Å². The number of anilines is 2. The third-order valence-electron chi connectivity index (χ3n) is 3.28. The molecular formula is C15H15N5O. The van der Waals surface area contributed by atoms with Crippen LogP contribution in [-0.4, -0.2) is 27.7 Å². The largest absolute Gasteiger partial charge is 0.373 e. The van der Waals surface area contributed by atoms with Gasteiger partial charge < -0.3 is 10.6 Å². The molecule has 6 heteroatoms. The molecule has 0 unspecified atom stereocenters. The standard InChI is InChI=1S/C15H15N5O/c1-16-13-9-11(10-5-3-4-6-12(10)18-13)15(21)19-14-7-8-17-20(14)2/h3-9H,1-2H3,(H,16,18)(H,19,21). The molecule has 0 saturated heterocycles. The summed E-state index contributed by atoms with van der Waals surface area (Å²) < 4.78 is 1.61. The molecule has 106 valence electrons. The van der Waals surface area contributed by atoms with E-state index in [4.69, 9.17) is 0 Å². The van der Waals surface area contributed by atoms with Crippen molar-refractivity contribution in [1.82, 2.24) is 14.8 Å². The first-order valence-corrected chi connectivity index (χ1v) is 6.56. The number of carbonyl (C=O) groups excluding carboxylic acids is 1. The maximum absolute atomic E-state index is 12.5. The summed E-state index contributed by atoms with van der Waals surface area (Å²) in [5, 5.41) is 10.7. The molecule has 1 amide bonds. The quantitative estimate of drug-likeness (QED) is 0.772. The molecule has 2 N–H and O–H groups in total. The Balaban J connectivity index is 2.06. The van der Waals surface area contributed by atoms with Gasteiger partial charge >= 0.3 is 0 Å². The number of aromatic nitrogens is 3. The van der Waals surface area contributed by atoms with Gasteiger partial charge in [-0.05, 0) is 12.1 Å². The van der Waals surface area contributed by atoms with Gasteiger partial charge in [-0.2, -0.15) is 5.10 Å². The van der Waals surface area contributed by atoms with Crippen LogP contribution in [0, 0.1) is 0 Å². The van der Waals surface area contributed by atoms with Crippen LogP contribution < -0.4 is 10.6 Å². The lowest BCUT2D eigenvalue weighted by Crippen LogP contribution is -2.15. The number of aryl methyl sites for hydroxylation is 1. The van der Waals surface area contributed by atoms with E-state index in [2.05, 4.69) is 20.7 Å². The molecule has 0 spiro atoms. The van der Waals surface area contributed by atoms with Crippen molar-refractivity contribution in [2.75, 3.05) is 17.7 Å². The lowest BCUT2D eigenvalue weighted by Gasteiger charge is -2.10. The summed E-state index contributed by atoms with van der Waals surface area (Å²) in [5.74, 6) is 1.12. The van der Waals surface area contributed by atoms with Gasteiger partial charge in [-0.15, -0.1) is 0 Å². The number of nitrogens with zero attached hydrogens (tertiary/aromatic N) is 3. The van der Waals surface area contributed by atoms with E-state index in [0.29, 0.717) is 17.2 Å². The number of para-hydroxylation sites is 1. The number of nitrogens with one attached hydrogen (secondary N) is 2. The Labute approximate surface area is 121 Å². The van der Waals surface area contributed by atoms with E-state index in [-0.39, 0.29) is 5.91 Å². The van der Waals surface area contributed by atoms with Crippen molar-refractivity contribution in [1.29, 1.82) is 0 Å². The number of hydrogen-bond donors (Lipinski definition) is 2. The third kappa shape index (κ3) is 2.43. The maximum atomic E-state index is 12.5. The van der Waals surface area contributed by atoms with Gasteiger partial charge in [-0.1, -0.05) is 18.2 Å². The van der Waals surface area contributed by atoms with Crippen molar-refractivity contribution >= 4 is 28.4 Å². The second-order valence-electron chi connectivity index (χ2n) is 4.62. The van der Waals surface area contributed by atoms with E-state index in [1.165, 1.54) is 0 Å². The van der Waals surface area contributed by atoms with Crippen LogP contribution in [0.2, 0.25) is 0 Å². The van der Waals surface area contributed by atoms with Crippen LogP contribution in [0.5, 0.6) is 0 Å². The Hall–Kier alpha value is -2.89. The smallest absolute Gasteiger partial charge is 0.257 e. The molecule has 0 aliphatic heterocycles. The maximum Gasteiger partial charge on any atom is 0.257 e. The van der Waals surface area contributed by atoms with Gasteiger partial charge in [0.25, 0.3) is 5.91 Å². The summed E-state index contributed by atoms with van der Waals surface area (Å²) in [4.78, 5) is 17.0. The van der Waals surface area contributed by atoms with Gasteiger partial charge in [0.05, 0.1) is 17.3 Å². The minimum Gasteiger partial charge on any atom is -0.373 e. The molecule has 0 aliphatic rings. The molecule has 0 aliphatic carbocycles. The highest BCUT2D eigenvalue weighted by molar-refractivity contribution is 6.12. The summed E-state index contributed by atoms with van der Waals surface area (Å²) in [6.07, 6.45) is 1.64. The number of amides is 1. The van der Waals surface area contributed by atoms with Crippen molar-refractivity contribution in [3.05, 3.63) is 48.2 Å². The number of rotatable bonds is 3. The molecule has 2 aromatic heterocycles. The Morgan fingerprint density at radius 3 is 2.76 bits per heavy atom. The predicted molar refractivity (Wildman–Crippen MR) is 82.5 cm³/mol. The number of benzene rings is 1. The Morgan fingerprint density at radius 2 is 2.05 bits per heavy atom. The van der Waals surface area contributed by atoms with Crippen molar-refractivity contribution in [3.8, 4) is 0 Å². The molecule has 6 nitrogen and oxygen atoms in total. The first kappa shape index (κ1) is 13.1. The van der Waals surface area contributed by atoms with Gasteiger partial charge in [-0.3, -0.25) is 9.48 Å². The minimum atomic E-state index is -0.186. The number of fused-ring (bicyclic) bond motifs is 1. The third-order valence-corrected chi connectivity index (χ3v) is 3.28. The zero-order chi connectivity index (χ0) is 14.8. The van der Waals surface area contributed by atoms with Crippen LogP contribution in [0.1, 0.15) is 10.4 Å². The SMILES string of the molecule is CNc1cc(C(=O)Nc2ccnn2C)c2ccccc2n1. The van der Waals surface area contributed by atoms with Crippen LogP contribution >= 0.6 is 0 Å². The van der Waals surface area contributed by atoms with Crippen LogP contribution in [0.4, 0.5) is 11.6 Å². The Bertz CT molecular complexity index is 809. The first-order chi connectivity index (χ1) is 10.2. The number of hydrogen-bond acceptors (Lipinski definition) is 4. The topological polar surface area (TPSA) is 71.8 Å². The van der Waals surface area contributed by atoms with E-state index < -0.39 is 0 Å². The summed E-state index contributed by atoms with van der Waals surface area (Å²) in [5.41, 5.74) is 1.35. The van der Waals surface area contributed by atoms with Crippen LogP contribution in [-0.2, 0) is 7.05 Å². The fraction of sp³-hybridized carbons (Fsp3) is 0.133. The fourth-order valence-corrected chi connectivity index (χ4v) is 2.17. The number of pyridine rings is 1. The average molecular weight is 281 g/mol. The van der Waals surface area contributed by atoms with E-state index in [1.54, 1.807) is 37.1 Å². The first-order valence-electron chi connectivity index (χ1n) is 6.56. The van der Waals surface area contributed by atoms with Gasteiger partial charge in [0, 0.05) is 25.5 Å². The summed E-state index contributed by atoms with van der Waals surface area (Å²) in [6, 6.07) is 11.1. The molecule has 3 aromatic rings. The molecule has 0 saturated carbocycles. The molecule has 0 atom stereocenters. The molecule has 0 radical (unpaired) electrons.